The number of nitriles is 1. The zero-order chi connectivity index (χ0) is 58.0. The van der Waals surface area contributed by atoms with Crippen LogP contribution in [0.2, 0.25) is 0 Å². The molecule has 5 aromatic carbocycles. The molecule has 0 amide bonds. The van der Waals surface area contributed by atoms with Crippen LogP contribution in [0.5, 0.6) is 0 Å². The molecule has 4 N–H and O–H groups in total. The van der Waals surface area contributed by atoms with Crippen molar-refractivity contribution in [2.45, 2.75) is 137 Å². The summed E-state index contributed by atoms with van der Waals surface area (Å²) in [4.78, 5) is 45.0. The van der Waals surface area contributed by atoms with Crippen LogP contribution < -0.4 is 0 Å². The number of carbonyl (C=O) groups is 3. The molecule has 0 aromatic heterocycles. The average Bonchev–Trinajstić information content (AvgIpc) is 3.82. The first-order chi connectivity index (χ1) is 39.0. The number of fused-ring (bicyclic) bond motifs is 4. The van der Waals surface area contributed by atoms with Gasteiger partial charge in [0, 0.05) is 30.7 Å². The first-order valence-electron chi connectivity index (χ1n) is 28.4. The predicted molar refractivity (Wildman–Crippen MR) is 316 cm³/mol. The maximum absolute atomic E-state index is 13.1. The molecule has 5 aliphatic rings. The third-order valence-corrected chi connectivity index (χ3v) is 17.2. The highest BCUT2D eigenvalue weighted by molar-refractivity contribution is 7.79. The second-order valence-electron chi connectivity index (χ2n) is 21.9. The van der Waals surface area contributed by atoms with E-state index < -0.39 is 33.1 Å². The van der Waals surface area contributed by atoms with E-state index in [1.807, 2.05) is 159 Å². The molecule has 5 fully saturated rings. The predicted octanol–water partition coefficient (Wildman–Crippen LogP) is 9.11. The minimum absolute atomic E-state index is 0. The van der Waals surface area contributed by atoms with E-state index in [0.717, 1.165) is 73.1 Å². The van der Waals surface area contributed by atoms with Gasteiger partial charge in [-0.15, -0.1) is 12.4 Å². The van der Waals surface area contributed by atoms with Crippen LogP contribution in [0.25, 0.3) is 0 Å². The van der Waals surface area contributed by atoms with E-state index in [9.17, 15) is 29.9 Å². The molecule has 0 radical (unpaired) electrons. The van der Waals surface area contributed by atoms with Crippen molar-refractivity contribution >= 4 is 40.7 Å². The third-order valence-electron chi connectivity index (χ3n) is 17.2. The monoisotopic (exact) mass is 1160 g/mol. The van der Waals surface area contributed by atoms with E-state index in [2.05, 4.69) is 34.9 Å². The van der Waals surface area contributed by atoms with Crippen LogP contribution in [0.3, 0.4) is 0 Å². The lowest BCUT2D eigenvalue weighted by atomic mass is 9.71. The summed E-state index contributed by atoms with van der Waals surface area (Å²) in [5.74, 6) is -1.84. The minimum Gasteiger partial charge on any atom is -0.465 e. The molecule has 5 saturated heterocycles. The Bertz CT molecular complexity index is 2730. The van der Waals surface area contributed by atoms with Crippen LogP contribution >= 0.6 is 12.4 Å². The van der Waals surface area contributed by atoms with Gasteiger partial charge in [0.15, 0.2) is 0 Å². The van der Waals surface area contributed by atoms with E-state index in [4.69, 9.17) is 31.7 Å². The summed E-state index contributed by atoms with van der Waals surface area (Å²) >= 11 is 0. The van der Waals surface area contributed by atoms with Gasteiger partial charge in [0.1, 0.15) is 29.5 Å². The Labute approximate surface area is 490 Å². The average molecular weight is 1170 g/mol. The number of nitrogens with zero attached hydrogens (tertiary/aromatic N) is 4. The molecule has 5 heterocycles. The molecule has 82 heavy (non-hydrogen) atoms. The van der Waals surface area contributed by atoms with E-state index in [0.29, 0.717) is 50.0 Å². The van der Waals surface area contributed by atoms with E-state index in [1.165, 1.54) is 25.7 Å². The van der Waals surface area contributed by atoms with Crippen molar-refractivity contribution in [2.24, 2.45) is 0 Å². The number of halogens is 1. The van der Waals surface area contributed by atoms with Crippen molar-refractivity contribution in [3.63, 3.8) is 0 Å². The molecule has 4 bridgehead atoms. The molecule has 5 aliphatic heterocycles. The quantitative estimate of drug-likeness (QED) is 0.0410. The van der Waals surface area contributed by atoms with Gasteiger partial charge in [-0.3, -0.25) is 23.5 Å². The summed E-state index contributed by atoms with van der Waals surface area (Å²) in [6.07, 6.45) is 10.6. The molecular formula is C64H81ClN4O12S. The van der Waals surface area contributed by atoms with Crippen LogP contribution in [-0.4, -0.2) is 150 Å². The Morgan fingerprint density at radius 2 is 0.963 bits per heavy atom. The van der Waals surface area contributed by atoms with Crippen LogP contribution in [0, 0.1) is 11.3 Å². The summed E-state index contributed by atoms with van der Waals surface area (Å²) in [6.45, 7) is 4.20. The van der Waals surface area contributed by atoms with E-state index >= 15 is 0 Å². The zero-order valence-corrected chi connectivity index (χ0v) is 48.9. The van der Waals surface area contributed by atoms with Crippen molar-refractivity contribution in [1.29, 1.82) is 5.26 Å². The summed E-state index contributed by atoms with van der Waals surface area (Å²) in [5, 5.41) is 29.5. The van der Waals surface area contributed by atoms with Crippen molar-refractivity contribution in [2.75, 3.05) is 53.6 Å². The standard InChI is InChI=1S/C30H32N2O2.2C17H23NO3.ClH.H2O4S/c1-2-34-28(33)29(25-12-6-3-7-13-25)18-21-32(22-19-29)23-20-30(24-31,26-14-8-4-9-15-26)27-16-10-5-11-17-27;2*1-18-13-7-8-14(18)10-15(9-13)21-17(20)16(11-19)12-5-3-2-4-6-12;;1-5(2,3)4/h3-17H,2,18-23H2,1H3;2*2-6,13-16,19H,7-11H2,1H3;1H;(H2,1,2,3,4). The highest BCUT2D eigenvalue weighted by atomic mass is 35.5. The Morgan fingerprint density at radius 1 is 0.622 bits per heavy atom. The molecule has 442 valence electrons. The molecular weight excluding hydrogens is 1080 g/mol. The number of benzene rings is 5. The molecule has 6 unspecified atom stereocenters. The molecule has 0 aliphatic carbocycles. The number of hydrogen-bond acceptors (Lipinski definition) is 14. The number of likely N-dealkylation sites (tertiary alicyclic amines) is 1. The SMILES string of the molecule is CCOC(=O)C1(c2ccccc2)CCN(CCC(C#N)(c2ccccc2)c2ccccc2)CC1.CN1C2CCC1CC(OC(=O)C(CO)c1ccccc1)C2.CN1C2CCC1CC(OC(=O)C(CO)c1ccccc1)C2.Cl.O=S(=O)(O)O. The number of rotatable bonds is 16. The van der Waals surface area contributed by atoms with Crippen LogP contribution in [0.15, 0.2) is 152 Å². The van der Waals surface area contributed by atoms with Crippen molar-refractivity contribution in [3.8, 4) is 6.07 Å². The smallest absolute Gasteiger partial charge is 0.394 e. The molecule has 0 saturated carbocycles. The lowest BCUT2D eigenvalue weighted by Gasteiger charge is -2.41. The lowest BCUT2D eigenvalue weighted by Crippen LogP contribution is -2.49. The fourth-order valence-electron chi connectivity index (χ4n) is 12.6. The minimum atomic E-state index is -4.67. The van der Waals surface area contributed by atoms with Gasteiger partial charge in [0.2, 0.25) is 0 Å². The molecule has 5 aromatic rings. The number of aliphatic hydroxyl groups is 2. The third kappa shape index (κ3) is 17.0. The van der Waals surface area contributed by atoms with Crippen molar-refractivity contribution in [3.05, 3.63) is 179 Å². The Hall–Kier alpha value is -6.04. The van der Waals surface area contributed by atoms with Gasteiger partial charge in [-0.1, -0.05) is 152 Å². The summed E-state index contributed by atoms with van der Waals surface area (Å²) in [5.41, 5.74) is 3.41. The molecule has 18 heteroatoms. The first kappa shape index (κ1) is 65.1. The normalized spacial score (nSPS) is 22.7. The van der Waals surface area contributed by atoms with E-state index in [-0.39, 0.29) is 55.7 Å². The molecule has 0 spiro atoms. The van der Waals surface area contributed by atoms with Crippen LogP contribution in [0.1, 0.15) is 117 Å². The van der Waals surface area contributed by atoms with Gasteiger partial charge >= 0.3 is 28.3 Å². The maximum atomic E-state index is 13.1. The van der Waals surface area contributed by atoms with Gasteiger partial charge < -0.3 is 39.1 Å². The summed E-state index contributed by atoms with van der Waals surface area (Å²) < 4.78 is 48.5. The highest BCUT2D eigenvalue weighted by Crippen LogP contribution is 2.41. The fraction of sp³-hybridized carbons (Fsp3) is 0.469. The highest BCUT2D eigenvalue weighted by Gasteiger charge is 2.46. The summed E-state index contributed by atoms with van der Waals surface area (Å²) in [6, 6.07) is 53.8. The van der Waals surface area contributed by atoms with Gasteiger partial charge in [-0.05, 0) is 133 Å². The van der Waals surface area contributed by atoms with Gasteiger partial charge in [-0.2, -0.15) is 13.7 Å². The van der Waals surface area contributed by atoms with Crippen LogP contribution in [-0.2, 0) is 49.8 Å². The Morgan fingerprint density at radius 3 is 1.29 bits per heavy atom. The Kier molecular flexibility index (Phi) is 24.6. The number of aliphatic hydroxyl groups excluding tert-OH is 2. The number of hydrogen-bond donors (Lipinski definition) is 4. The molecule has 6 atom stereocenters. The maximum Gasteiger partial charge on any atom is 0.394 e. The Balaban J connectivity index is 0.000000196. The van der Waals surface area contributed by atoms with Crippen molar-refractivity contribution in [1.82, 2.24) is 14.7 Å². The van der Waals surface area contributed by atoms with Crippen molar-refractivity contribution < 1.29 is 56.3 Å². The fourth-order valence-corrected chi connectivity index (χ4v) is 12.6. The number of ether oxygens (including phenoxy) is 3. The summed E-state index contributed by atoms with van der Waals surface area (Å²) in [7, 11) is -0.332. The van der Waals surface area contributed by atoms with E-state index in [1.54, 1.807) is 0 Å². The second kappa shape index (κ2) is 31.0. The first-order valence-corrected chi connectivity index (χ1v) is 29.8. The number of esters is 3. The van der Waals surface area contributed by atoms with Gasteiger partial charge in [-0.25, -0.2) is 0 Å². The zero-order valence-electron chi connectivity index (χ0n) is 47.2. The lowest BCUT2D eigenvalue weighted by molar-refractivity contribution is -0.156. The van der Waals surface area contributed by atoms with Gasteiger partial charge in [0.25, 0.3) is 0 Å². The topological polar surface area (TPSA) is 227 Å². The number of carbonyl (C=O) groups excluding carboxylic acids is 3. The van der Waals surface area contributed by atoms with Crippen LogP contribution in [0.4, 0.5) is 0 Å². The van der Waals surface area contributed by atoms with Gasteiger partial charge in [0.05, 0.1) is 31.3 Å². The molecule has 16 nitrogen and oxygen atoms in total. The largest absolute Gasteiger partial charge is 0.465 e. The second-order valence-corrected chi connectivity index (χ2v) is 22.8. The number of piperidine rings is 3. The molecule has 10 rings (SSSR count).